The van der Waals surface area contributed by atoms with Crippen molar-refractivity contribution in [3.63, 3.8) is 0 Å². The summed E-state index contributed by atoms with van der Waals surface area (Å²) in [5, 5.41) is 13.2. The number of hydrogen-bond donors (Lipinski definition) is 0. The maximum absolute atomic E-state index is 12.9. The summed E-state index contributed by atoms with van der Waals surface area (Å²) in [4.78, 5) is 0. The van der Waals surface area contributed by atoms with E-state index in [9.17, 15) is 26.3 Å². The Morgan fingerprint density at radius 2 is 1.19 bits per heavy atom. The second-order valence-electron chi connectivity index (χ2n) is 3.99. The second-order valence-corrected chi connectivity index (χ2v) is 3.99. The molecule has 2 rings (SSSR count). The largest absolute Gasteiger partial charge is 0.417 e. The fourth-order valence-corrected chi connectivity index (χ4v) is 1.65. The van der Waals surface area contributed by atoms with Crippen LogP contribution in [0.5, 0.6) is 0 Å². The van der Waals surface area contributed by atoms with Crippen molar-refractivity contribution in [2.75, 3.05) is 0 Å². The van der Waals surface area contributed by atoms with Gasteiger partial charge in [0.15, 0.2) is 5.82 Å². The summed E-state index contributed by atoms with van der Waals surface area (Å²) in [5.74, 6) is -0.808. The lowest BCUT2D eigenvalue weighted by atomic mass is 9.99. The molecule has 112 valence electrons. The van der Waals surface area contributed by atoms with Crippen LogP contribution in [0.25, 0.3) is 11.4 Å². The van der Waals surface area contributed by atoms with Gasteiger partial charge in [-0.3, -0.25) is 0 Å². The van der Waals surface area contributed by atoms with Crippen LogP contribution in [0.1, 0.15) is 17.0 Å². The van der Waals surface area contributed by atoms with Gasteiger partial charge >= 0.3 is 12.4 Å². The highest BCUT2D eigenvalue weighted by Crippen LogP contribution is 2.43. The number of hydrogen-bond acceptors (Lipinski definition) is 4. The van der Waals surface area contributed by atoms with Gasteiger partial charge in [0.25, 0.3) is 0 Å². The molecule has 1 heterocycles. The van der Waals surface area contributed by atoms with E-state index >= 15 is 0 Å². The normalized spacial score (nSPS) is 12.5. The van der Waals surface area contributed by atoms with Gasteiger partial charge in [0.05, 0.1) is 11.1 Å². The standard InChI is InChI=1S/C11H6F6N4/c1-5-18-20-9(21-19-5)8-6(10(12,13)14)3-2-4-7(8)11(15,16)17/h2-4H,1H3. The summed E-state index contributed by atoms with van der Waals surface area (Å²) in [5.41, 5.74) is -4.17. The number of alkyl halides is 6. The van der Waals surface area contributed by atoms with Crippen molar-refractivity contribution in [1.82, 2.24) is 20.4 Å². The van der Waals surface area contributed by atoms with Crippen LogP contribution in [-0.4, -0.2) is 20.4 Å². The van der Waals surface area contributed by atoms with Crippen molar-refractivity contribution in [2.45, 2.75) is 19.3 Å². The lowest BCUT2D eigenvalue weighted by molar-refractivity contribution is -0.142. The highest BCUT2D eigenvalue weighted by Gasteiger charge is 2.42. The van der Waals surface area contributed by atoms with Crippen LogP contribution < -0.4 is 0 Å². The van der Waals surface area contributed by atoms with E-state index in [0.717, 1.165) is 0 Å². The minimum absolute atomic E-state index is 0.0248. The molecule has 0 aliphatic heterocycles. The molecule has 0 amide bonds. The first-order chi connectivity index (χ1) is 9.60. The molecule has 0 aliphatic carbocycles. The predicted octanol–water partition coefficient (Wildman–Crippen LogP) is 3.28. The zero-order chi connectivity index (χ0) is 15.8. The fraction of sp³-hybridized carbons (Fsp3) is 0.273. The SMILES string of the molecule is Cc1nnc(-c2c(C(F)(F)F)cccc2C(F)(F)F)nn1. The van der Waals surface area contributed by atoms with Gasteiger partial charge in [0, 0.05) is 5.56 Å². The highest BCUT2D eigenvalue weighted by atomic mass is 19.4. The lowest BCUT2D eigenvalue weighted by Crippen LogP contribution is -2.15. The molecule has 0 fully saturated rings. The van der Waals surface area contributed by atoms with Crippen molar-refractivity contribution in [3.05, 3.63) is 35.2 Å². The number of rotatable bonds is 1. The van der Waals surface area contributed by atoms with Gasteiger partial charge in [-0.15, -0.1) is 20.4 Å². The Kier molecular flexibility index (Phi) is 3.56. The Labute approximate surface area is 113 Å². The van der Waals surface area contributed by atoms with Gasteiger partial charge in [-0.25, -0.2) is 0 Å². The molecule has 0 radical (unpaired) electrons. The van der Waals surface area contributed by atoms with Crippen LogP contribution in [0, 0.1) is 6.92 Å². The number of aromatic nitrogens is 4. The number of benzene rings is 1. The summed E-state index contributed by atoms with van der Waals surface area (Å²) in [6.07, 6.45) is -9.99. The Bertz CT molecular complexity index is 615. The van der Waals surface area contributed by atoms with Crippen molar-refractivity contribution >= 4 is 0 Å². The lowest BCUT2D eigenvalue weighted by Gasteiger charge is -2.16. The third-order valence-corrected chi connectivity index (χ3v) is 2.48. The zero-order valence-electron chi connectivity index (χ0n) is 10.3. The van der Waals surface area contributed by atoms with Crippen molar-refractivity contribution in [1.29, 1.82) is 0 Å². The molecule has 2 aromatic rings. The summed E-state index contributed by atoms with van der Waals surface area (Å²) < 4.78 is 77.5. The van der Waals surface area contributed by atoms with E-state index in [1.54, 1.807) is 0 Å². The minimum Gasteiger partial charge on any atom is -0.166 e. The second kappa shape index (κ2) is 4.93. The van der Waals surface area contributed by atoms with Crippen LogP contribution in [0.2, 0.25) is 0 Å². The van der Waals surface area contributed by atoms with E-state index in [4.69, 9.17) is 0 Å². The monoisotopic (exact) mass is 308 g/mol. The topological polar surface area (TPSA) is 51.6 Å². The summed E-state index contributed by atoms with van der Waals surface area (Å²) in [7, 11) is 0. The summed E-state index contributed by atoms with van der Waals surface area (Å²) in [6.45, 7) is 1.35. The van der Waals surface area contributed by atoms with Crippen molar-refractivity contribution < 1.29 is 26.3 Å². The molecule has 0 atom stereocenters. The Morgan fingerprint density at radius 1 is 0.762 bits per heavy atom. The molecule has 0 N–H and O–H groups in total. The third kappa shape index (κ3) is 3.09. The average Bonchev–Trinajstić information content (AvgIpc) is 2.37. The quantitative estimate of drug-likeness (QED) is 0.759. The third-order valence-electron chi connectivity index (χ3n) is 2.48. The minimum atomic E-state index is -5.00. The Hall–Kier alpha value is -2.26. The first-order valence-electron chi connectivity index (χ1n) is 5.42. The van der Waals surface area contributed by atoms with Gasteiger partial charge in [-0.05, 0) is 19.1 Å². The van der Waals surface area contributed by atoms with Crippen molar-refractivity contribution in [2.24, 2.45) is 0 Å². The van der Waals surface area contributed by atoms with Gasteiger partial charge < -0.3 is 0 Å². The first-order valence-corrected chi connectivity index (χ1v) is 5.42. The van der Waals surface area contributed by atoms with Gasteiger partial charge in [0.2, 0.25) is 5.82 Å². The molecule has 0 saturated carbocycles. The van der Waals surface area contributed by atoms with Gasteiger partial charge in [-0.2, -0.15) is 26.3 Å². The van der Waals surface area contributed by atoms with Crippen LogP contribution in [0.3, 0.4) is 0 Å². The fourth-order valence-electron chi connectivity index (χ4n) is 1.65. The first kappa shape index (κ1) is 15.1. The molecule has 21 heavy (non-hydrogen) atoms. The molecule has 1 aromatic heterocycles. The van der Waals surface area contributed by atoms with E-state index in [0.29, 0.717) is 18.2 Å². The Balaban J connectivity index is 2.79. The van der Waals surface area contributed by atoms with E-state index < -0.39 is 34.9 Å². The van der Waals surface area contributed by atoms with E-state index in [-0.39, 0.29) is 5.82 Å². The Morgan fingerprint density at radius 3 is 1.57 bits per heavy atom. The predicted molar refractivity (Wildman–Crippen MR) is 57.8 cm³/mol. The molecule has 0 unspecified atom stereocenters. The molecule has 0 bridgehead atoms. The number of nitrogens with zero attached hydrogens (tertiary/aromatic N) is 4. The highest BCUT2D eigenvalue weighted by molar-refractivity contribution is 5.66. The van der Waals surface area contributed by atoms with Crippen LogP contribution in [0.4, 0.5) is 26.3 Å². The molecular weight excluding hydrogens is 302 g/mol. The molecule has 4 nitrogen and oxygen atoms in total. The maximum Gasteiger partial charge on any atom is 0.417 e. The van der Waals surface area contributed by atoms with Crippen LogP contribution >= 0.6 is 0 Å². The van der Waals surface area contributed by atoms with E-state index in [1.807, 2.05) is 0 Å². The zero-order valence-corrected chi connectivity index (χ0v) is 10.3. The number of halogens is 6. The molecule has 1 aromatic carbocycles. The molecular formula is C11H6F6N4. The van der Waals surface area contributed by atoms with Gasteiger partial charge in [0.1, 0.15) is 0 Å². The molecule has 10 heteroatoms. The smallest absolute Gasteiger partial charge is 0.166 e. The van der Waals surface area contributed by atoms with E-state index in [1.165, 1.54) is 6.92 Å². The van der Waals surface area contributed by atoms with Crippen molar-refractivity contribution in [3.8, 4) is 11.4 Å². The average molecular weight is 308 g/mol. The molecule has 0 saturated heterocycles. The maximum atomic E-state index is 12.9. The summed E-state index contributed by atoms with van der Waals surface area (Å²) >= 11 is 0. The summed E-state index contributed by atoms with van der Waals surface area (Å²) in [6, 6.07) is 1.71. The molecule has 0 aliphatic rings. The number of aryl methyl sites for hydroxylation is 1. The van der Waals surface area contributed by atoms with E-state index in [2.05, 4.69) is 20.4 Å². The molecule has 0 spiro atoms. The van der Waals surface area contributed by atoms with Crippen LogP contribution in [0.15, 0.2) is 18.2 Å². The van der Waals surface area contributed by atoms with Crippen LogP contribution in [-0.2, 0) is 12.4 Å². The van der Waals surface area contributed by atoms with Gasteiger partial charge in [-0.1, -0.05) is 6.07 Å².